The Balaban J connectivity index is 1.62. The first kappa shape index (κ1) is 19.3. The summed E-state index contributed by atoms with van der Waals surface area (Å²) in [6.07, 6.45) is 1.52. The van der Waals surface area contributed by atoms with E-state index in [0.717, 1.165) is 29.1 Å². The zero-order chi connectivity index (χ0) is 19.2. The van der Waals surface area contributed by atoms with E-state index in [0.29, 0.717) is 12.2 Å². The average Bonchev–Trinajstić information content (AvgIpc) is 3.11. The van der Waals surface area contributed by atoms with Crippen LogP contribution in [0, 0.1) is 0 Å². The zero-order valence-corrected chi connectivity index (χ0v) is 16.3. The van der Waals surface area contributed by atoms with Crippen molar-refractivity contribution in [3.05, 3.63) is 59.7 Å². The maximum Gasteiger partial charge on any atom is 0.319 e. The van der Waals surface area contributed by atoms with Crippen LogP contribution < -0.4 is 10.1 Å². The number of ether oxygens (including phenoxy) is 2. The van der Waals surface area contributed by atoms with Crippen LogP contribution in [-0.4, -0.2) is 30.8 Å². The van der Waals surface area contributed by atoms with Crippen LogP contribution in [0.25, 0.3) is 0 Å². The van der Waals surface area contributed by atoms with Crippen LogP contribution in [0.5, 0.6) is 5.75 Å². The molecule has 0 saturated carbocycles. The van der Waals surface area contributed by atoms with Gasteiger partial charge in [0, 0.05) is 16.9 Å². The van der Waals surface area contributed by atoms with Crippen LogP contribution in [-0.2, 0) is 9.53 Å². The Kier molecular flexibility index (Phi) is 6.40. The molecule has 0 aliphatic carbocycles. The van der Waals surface area contributed by atoms with E-state index in [1.807, 2.05) is 43.3 Å². The van der Waals surface area contributed by atoms with Gasteiger partial charge in [-0.2, -0.15) is 0 Å². The number of cyclic esters (lactones) is 1. The number of rotatable bonds is 7. The van der Waals surface area contributed by atoms with Crippen molar-refractivity contribution < 1.29 is 19.1 Å². The van der Waals surface area contributed by atoms with Crippen LogP contribution in [0.15, 0.2) is 53.4 Å². The van der Waals surface area contributed by atoms with E-state index in [-0.39, 0.29) is 23.2 Å². The molecule has 1 fully saturated rings. The van der Waals surface area contributed by atoms with Gasteiger partial charge in [0.05, 0.1) is 19.8 Å². The number of hydrogen-bond donors (Lipinski definition) is 1. The van der Waals surface area contributed by atoms with Gasteiger partial charge in [-0.25, -0.2) is 0 Å². The lowest BCUT2D eigenvalue weighted by atomic mass is 10.0. The van der Waals surface area contributed by atoms with Gasteiger partial charge in [-0.05, 0) is 48.4 Å². The molecule has 5 nitrogen and oxygen atoms in total. The smallest absolute Gasteiger partial charge is 0.319 e. The number of methoxy groups -OCH3 is 1. The second kappa shape index (κ2) is 8.95. The molecule has 3 rings (SSSR count). The monoisotopic (exact) mass is 385 g/mol. The van der Waals surface area contributed by atoms with Crippen molar-refractivity contribution in [2.45, 2.75) is 36.0 Å². The van der Waals surface area contributed by atoms with Gasteiger partial charge in [0.25, 0.3) is 5.91 Å². The highest BCUT2D eigenvalue weighted by atomic mass is 32.2. The molecule has 2 aromatic carbocycles. The molecule has 0 unspecified atom stereocenters. The fourth-order valence-corrected chi connectivity index (χ4v) is 3.93. The van der Waals surface area contributed by atoms with Gasteiger partial charge in [0.2, 0.25) is 0 Å². The molecule has 1 saturated heterocycles. The Morgan fingerprint density at radius 1 is 1.22 bits per heavy atom. The van der Waals surface area contributed by atoms with E-state index in [1.54, 1.807) is 19.2 Å². The SMILES string of the molecule is CC[C@H](NC(=O)c1ccc(S[C@H]2CCOC2=O)cc1)c1ccc(OC)cc1. The number of benzene rings is 2. The molecule has 2 aromatic rings. The molecule has 27 heavy (non-hydrogen) atoms. The zero-order valence-electron chi connectivity index (χ0n) is 15.4. The lowest BCUT2D eigenvalue weighted by molar-refractivity contribution is -0.137. The Morgan fingerprint density at radius 3 is 2.48 bits per heavy atom. The molecule has 0 radical (unpaired) electrons. The minimum Gasteiger partial charge on any atom is -0.497 e. The van der Waals surface area contributed by atoms with Crippen molar-refractivity contribution in [3.63, 3.8) is 0 Å². The summed E-state index contributed by atoms with van der Waals surface area (Å²) in [5.41, 5.74) is 1.64. The van der Waals surface area contributed by atoms with Crippen LogP contribution in [0.4, 0.5) is 0 Å². The van der Waals surface area contributed by atoms with E-state index in [4.69, 9.17) is 9.47 Å². The lowest BCUT2D eigenvalue weighted by Gasteiger charge is -2.18. The molecule has 142 valence electrons. The number of thioether (sulfide) groups is 1. The number of hydrogen-bond acceptors (Lipinski definition) is 5. The highest BCUT2D eigenvalue weighted by Crippen LogP contribution is 2.29. The Bertz CT molecular complexity index is 789. The summed E-state index contributed by atoms with van der Waals surface area (Å²) in [6.45, 7) is 2.52. The maximum atomic E-state index is 12.6. The second-order valence-electron chi connectivity index (χ2n) is 6.29. The molecular formula is C21H23NO4S. The summed E-state index contributed by atoms with van der Waals surface area (Å²) in [5.74, 6) is 0.515. The third-order valence-electron chi connectivity index (χ3n) is 4.51. The Hall–Kier alpha value is -2.47. The molecule has 1 N–H and O–H groups in total. The van der Waals surface area contributed by atoms with Gasteiger partial charge in [-0.3, -0.25) is 9.59 Å². The Morgan fingerprint density at radius 2 is 1.93 bits per heavy atom. The number of amides is 1. The molecular weight excluding hydrogens is 362 g/mol. The van der Waals surface area contributed by atoms with E-state index in [2.05, 4.69) is 5.32 Å². The summed E-state index contributed by atoms with van der Waals surface area (Å²) in [4.78, 5) is 25.1. The van der Waals surface area contributed by atoms with E-state index >= 15 is 0 Å². The highest BCUT2D eigenvalue weighted by Gasteiger charge is 2.27. The molecule has 6 heteroatoms. The van der Waals surface area contributed by atoms with E-state index in [1.165, 1.54) is 11.8 Å². The van der Waals surface area contributed by atoms with Gasteiger partial charge in [0.1, 0.15) is 11.0 Å². The van der Waals surface area contributed by atoms with Gasteiger partial charge in [-0.15, -0.1) is 11.8 Å². The first-order chi connectivity index (χ1) is 13.1. The largest absolute Gasteiger partial charge is 0.497 e. The quantitative estimate of drug-likeness (QED) is 0.730. The average molecular weight is 385 g/mol. The first-order valence-electron chi connectivity index (χ1n) is 8.99. The van der Waals surface area contributed by atoms with Crippen molar-refractivity contribution in [1.82, 2.24) is 5.32 Å². The van der Waals surface area contributed by atoms with Gasteiger partial charge < -0.3 is 14.8 Å². The van der Waals surface area contributed by atoms with Crippen LogP contribution in [0.2, 0.25) is 0 Å². The van der Waals surface area contributed by atoms with Crippen molar-refractivity contribution in [2.24, 2.45) is 0 Å². The summed E-state index contributed by atoms with van der Waals surface area (Å²) in [6, 6.07) is 15.0. The summed E-state index contributed by atoms with van der Waals surface area (Å²) in [7, 11) is 1.63. The molecule has 0 bridgehead atoms. The third kappa shape index (κ3) is 4.83. The number of carbonyl (C=O) groups is 2. The van der Waals surface area contributed by atoms with Gasteiger partial charge >= 0.3 is 5.97 Å². The van der Waals surface area contributed by atoms with Crippen molar-refractivity contribution in [2.75, 3.05) is 13.7 Å². The summed E-state index contributed by atoms with van der Waals surface area (Å²) < 4.78 is 10.2. The van der Waals surface area contributed by atoms with Crippen molar-refractivity contribution in [3.8, 4) is 5.75 Å². The maximum absolute atomic E-state index is 12.6. The fraction of sp³-hybridized carbons (Fsp3) is 0.333. The molecule has 1 amide bonds. The molecule has 1 heterocycles. The number of carbonyl (C=O) groups excluding carboxylic acids is 2. The predicted octanol–water partition coefficient (Wildman–Crippen LogP) is 3.98. The molecule has 2 atom stereocenters. The van der Waals surface area contributed by atoms with Gasteiger partial charge in [0.15, 0.2) is 0 Å². The lowest BCUT2D eigenvalue weighted by Crippen LogP contribution is -2.28. The highest BCUT2D eigenvalue weighted by molar-refractivity contribution is 8.00. The molecule has 0 spiro atoms. The first-order valence-corrected chi connectivity index (χ1v) is 9.87. The van der Waals surface area contributed by atoms with Gasteiger partial charge in [-0.1, -0.05) is 19.1 Å². The topological polar surface area (TPSA) is 64.6 Å². The molecule has 1 aliphatic rings. The predicted molar refractivity (Wildman–Crippen MR) is 105 cm³/mol. The van der Waals surface area contributed by atoms with Crippen molar-refractivity contribution in [1.29, 1.82) is 0 Å². The summed E-state index contributed by atoms with van der Waals surface area (Å²) in [5, 5.41) is 2.93. The van der Waals surface area contributed by atoms with E-state index < -0.39 is 0 Å². The standard InChI is InChI=1S/C21H23NO4S/c1-3-18(14-4-8-16(25-2)9-5-14)22-20(23)15-6-10-17(11-7-15)27-19-12-13-26-21(19)24/h4-11,18-19H,3,12-13H2,1-2H3,(H,22,23)/t18-,19-/m0/s1. The van der Waals surface area contributed by atoms with Crippen LogP contribution in [0.1, 0.15) is 41.7 Å². The fourth-order valence-electron chi connectivity index (χ4n) is 2.93. The normalized spacial score (nSPS) is 17.3. The molecule has 0 aromatic heterocycles. The second-order valence-corrected chi connectivity index (χ2v) is 7.57. The third-order valence-corrected chi connectivity index (χ3v) is 5.77. The minimum atomic E-state index is -0.160. The number of esters is 1. The van der Waals surface area contributed by atoms with E-state index in [9.17, 15) is 9.59 Å². The summed E-state index contributed by atoms with van der Waals surface area (Å²) >= 11 is 1.48. The van der Waals surface area contributed by atoms with Crippen LogP contribution in [0.3, 0.4) is 0 Å². The minimum absolute atomic E-state index is 0.0642. The Labute approximate surface area is 163 Å². The van der Waals surface area contributed by atoms with Crippen molar-refractivity contribution >= 4 is 23.6 Å². The van der Waals surface area contributed by atoms with Crippen LogP contribution >= 0.6 is 11.8 Å². The molecule has 1 aliphatic heterocycles. The number of nitrogens with one attached hydrogen (secondary N) is 1.